The number of carbonyl (C=O) groups excluding carboxylic acids is 2. The van der Waals surface area contributed by atoms with Crippen LogP contribution in [-0.4, -0.2) is 59.3 Å². The van der Waals surface area contributed by atoms with Crippen molar-refractivity contribution in [1.82, 2.24) is 19.8 Å². The van der Waals surface area contributed by atoms with Crippen molar-refractivity contribution in [2.24, 2.45) is 0 Å². The molecule has 2 aliphatic rings. The smallest absolute Gasteiger partial charge is 0.227 e. The summed E-state index contributed by atoms with van der Waals surface area (Å²) in [6.45, 7) is 2.70. The molecule has 1 unspecified atom stereocenters. The Morgan fingerprint density at radius 1 is 1.03 bits per heavy atom. The topological polar surface area (TPSA) is 69.6 Å². The minimum absolute atomic E-state index is 0.00992. The van der Waals surface area contributed by atoms with Crippen LogP contribution in [0.5, 0.6) is 0 Å². The predicted octanol–water partition coefficient (Wildman–Crippen LogP) is 3.31. The van der Waals surface area contributed by atoms with Crippen molar-refractivity contribution in [3.63, 3.8) is 0 Å². The van der Waals surface area contributed by atoms with E-state index in [1.165, 1.54) is 24.0 Å². The van der Waals surface area contributed by atoms with E-state index in [4.69, 9.17) is 9.97 Å². The van der Waals surface area contributed by atoms with E-state index in [2.05, 4.69) is 18.2 Å². The lowest BCUT2D eigenvalue weighted by Crippen LogP contribution is -2.33. The Balaban J connectivity index is 1.55. The third-order valence-electron chi connectivity index (χ3n) is 6.82. The van der Waals surface area contributed by atoms with Gasteiger partial charge in [-0.2, -0.15) is 0 Å². The fourth-order valence-corrected chi connectivity index (χ4v) is 4.82. The monoisotopic (exact) mass is 449 g/mol. The standard InChI is InChI=1S/C26H35N5O2/c1-18(32)30(4)17-22-16-24(29(2)3)28-26(27-22)23-10-7-13-31(23)25(33)15-19-11-12-20-8-5-6-9-21(20)14-19/h11-12,14,16,23H,5-10,13,15,17H2,1-4H3. The number of hydrogen-bond acceptors (Lipinski definition) is 5. The number of amides is 2. The van der Waals surface area contributed by atoms with E-state index in [0.717, 1.165) is 49.3 Å². The normalized spacial score (nSPS) is 17.6. The van der Waals surface area contributed by atoms with E-state index >= 15 is 0 Å². The van der Waals surface area contributed by atoms with E-state index in [0.29, 0.717) is 18.8 Å². The van der Waals surface area contributed by atoms with Crippen LogP contribution in [0.3, 0.4) is 0 Å². The summed E-state index contributed by atoms with van der Waals surface area (Å²) in [5.41, 5.74) is 4.73. The molecule has 2 aromatic rings. The molecular weight excluding hydrogens is 414 g/mol. The van der Waals surface area contributed by atoms with Gasteiger partial charge in [-0.15, -0.1) is 0 Å². The minimum Gasteiger partial charge on any atom is -0.363 e. The summed E-state index contributed by atoms with van der Waals surface area (Å²) in [7, 11) is 5.65. The molecule has 0 radical (unpaired) electrons. The van der Waals surface area contributed by atoms with Gasteiger partial charge in [-0.05, 0) is 55.2 Å². The maximum atomic E-state index is 13.3. The number of anilines is 1. The maximum absolute atomic E-state index is 13.3. The van der Waals surface area contributed by atoms with E-state index in [-0.39, 0.29) is 17.9 Å². The van der Waals surface area contributed by atoms with Gasteiger partial charge in [-0.1, -0.05) is 18.2 Å². The molecule has 2 amide bonds. The Labute approximate surface area is 196 Å². The second kappa shape index (κ2) is 9.89. The lowest BCUT2D eigenvalue weighted by molar-refractivity contribution is -0.131. The fraction of sp³-hybridized carbons (Fsp3) is 0.538. The molecule has 33 heavy (non-hydrogen) atoms. The van der Waals surface area contributed by atoms with Gasteiger partial charge >= 0.3 is 0 Å². The molecule has 176 valence electrons. The third kappa shape index (κ3) is 5.34. The number of aryl methyl sites for hydroxylation is 2. The van der Waals surface area contributed by atoms with Crippen LogP contribution in [0, 0.1) is 0 Å². The van der Waals surface area contributed by atoms with Gasteiger partial charge in [0.25, 0.3) is 0 Å². The van der Waals surface area contributed by atoms with Crippen molar-refractivity contribution >= 4 is 17.6 Å². The molecule has 0 bridgehead atoms. The minimum atomic E-state index is -0.128. The van der Waals surface area contributed by atoms with Crippen LogP contribution in [0.4, 0.5) is 5.82 Å². The Hall–Kier alpha value is -2.96. The lowest BCUT2D eigenvalue weighted by Gasteiger charge is -2.26. The SMILES string of the molecule is CC(=O)N(C)Cc1cc(N(C)C)nc(C2CCCN2C(=O)Cc2ccc3c(c2)CCCC3)n1. The maximum Gasteiger partial charge on any atom is 0.227 e. The second-order valence-electron chi connectivity index (χ2n) is 9.58. The Bertz CT molecular complexity index is 1040. The zero-order chi connectivity index (χ0) is 23.5. The number of carbonyl (C=O) groups is 2. The average Bonchev–Trinajstić information content (AvgIpc) is 3.29. The number of rotatable bonds is 6. The Morgan fingerprint density at radius 3 is 2.52 bits per heavy atom. The summed E-state index contributed by atoms with van der Waals surface area (Å²) in [6, 6.07) is 8.34. The van der Waals surface area contributed by atoms with Crippen LogP contribution in [0.25, 0.3) is 0 Å². The molecule has 7 heteroatoms. The number of benzene rings is 1. The number of nitrogens with zero attached hydrogens (tertiary/aromatic N) is 5. The van der Waals surface area contributed by atoms with Gasteiger partial charge < -0.3 is 14.7 Å². The van der Waals surface area contributed by atoms with E-state index in [9.17, 15) is 9.59 Å². The molecule has 0 spiro atoms. The van der Waals surface area contributed by atoms with Crippen molar-refractivity contribution in [1.29, 1.82) is 0 Å². The highest BCUT2D eigenvalue weighted by atomic mass is 16.2. The average molecular weight is 450 g/mol. The second-order valence-corrected chi connectivity index (χ2v) is 9.58. The summed E-state index contributed by atoms with van der Waals surface area (Å²) < 4.78 is 0. The van der Waals surface area contributed by atoms with Crippen LogP contribution in [0.1, 0.15) is 66.9 Å². The lowest BCUT2D eigenvalue weighted by atomic mass is 9.90. The first kappa shape index (κ1) is 23.2. The highest BCUT2D eigenvalue weighted by molar-refractivity contribution is 5.79. The van der Waals surface area contributed by atoms with Crippen LogP contribution >= 0.6 is 0 Å². The van der Waals surface area contributed by atoms with Crippen LogP contribution in [0.15, 0.2) is 24.3 Å². The molecular formula is C26H35N5O2. The van der Waals surface area contributed by atoms with E-state index in [1.54, 1.807) is 18.9 Å². The van der Waals surface area contributed by atoms with Crippen LogP contribution < -0.4 is 4.90 Å². The zero-order valence-corrected chi connectivity index (χ0v) is 20.3. The van der Waals surface area contributed by atoms with Crippen LogP contribution in [0.2, 0.25) is 0 Å². The summed E-state index contributed by atoms with van der Waals surface area (Å²) in [5, 5.41) is 0. The first-order valence-corrected chi connectivity index (χ1v) is 12.0. The largest absolute Gasteiger partial charge is 0.363 e. The van der Waals surface area contributed by atoms with Crippen molar-refractivity contribution in [2.45, 2.75) is 64.5 Å². The Morgan fingerprint density at radius 2 is 1.79 bits per heavy atom. The van der Waals surface area contributed by atoms with Crippen molar-refractivity contribution in [3.8, 4) is 0 Å². The quantitative estimate of drug-likeness (QED) is 0.677. The molecule has 0 saturated carbocycles. The van der Waals surface area contributed by atoms with Crippen molar-refractivity contribution in [3.05, 3.63) is 52.5 Å². The molecule has 0 N–H and O–H groups in total. The first-order valence-electron chi connectivity index (χ1n) is 12.0. The number of hydrogen-bond donors (Lipinski definition) is 0. The van der Waals surface area contributed by atoms with E-state index in [1.807, 2.05) is 30.0 Å². The molecule has 1 aliphatic heterocycles. The number of aromatic nitrogens is 2. The summed E-state index contributed by atoms with van der Waals surface area (Å²) >= 11 is 0. The number of likely N-dealkylation sites (tertiary alicyclic amines) is 1. The summed E-state index contributed by atoms with van der Waals surface area (Å²) in [5.74, 6) is 1.59. The van der Waals surface area contributed by atoms with Gasteiger partial charge in [0.05, 0.1) is 24.7 Å². The zero-order valence-electron chi connectivity index (χ0n) is 20.3. The van der Waals surface area contributed by atoms with Gasteiger partial charge in [0.1, 0.15) is 5.82 Å². The molecule has 1 saturated heterocycles. The molecule has 7 nitrogen and oxygen atoms in total. The third-order valence-corrected chi connectivity index (χ3v) is 6.82. The number of fused-ring (bicyclic) bond motifs is 1. The van der Waals surface area contributed by atoms with Gasteiger partial charge in [-0.25, -0.2) is 9.97 Å². The van der Waals surface area contributed by atoms with Gasteiger partial charge in [-0.3, -0.25) is 9.59 Å². The van der Waals surface area contributed by atoms with Crippen molar-refractivity contribution < 1.29 is 9.59 Å². The fourth-order valence-electron chi connectivity index (χ4n) is 4.82. The van der Waals surface area contributed by atoms with E-state index < -0.39 is 0 Å². The molecule has 2 heterocycles. The summed E-state index contributed by atoms with van der Waals surface area (Å²) in [4.78, 5) is 40.2. The Kier molecular flexibility index (Phi) is 6.96. The predicted molar refractivity (Wildman–Crippen MR) is 129 cm³/mol. The molecule has 1 aromatic heterocycles. The van der Waals surface area contributed by atoms with Gasteiger partial charge in [0.15, 0.2) is 5.82 Å². The van der Waals surface area contributed by atoms with Gasteiger partial charge in [0, 0.05) is 40.7 Å². The highest BCUT2D eigenvalue weighted by Crippen LogP contribution is 2.32. The molecule has 1 aliphatic carbocycles. The molecule has 4 rings (SSSR count). The van der Waals surface area contributed by atoms with Gasteiger partial charge in [0.2, 0.25) is 11.8 Å². The first-order chi connectivity index (χ1) is 15.8. The summed E-state index contributed by atoms with van der Waals surface area (Å²) in [6.07, 6.45) is 6.98. The molecule has 1 aromatic carbocycles. The highest BCUT2D eigenvalue weighted by Gasteiger charge is 2.32. The van der Waals surface area contributed by atoms with Crippen molar-refractivity contribution in [2.75, 3.05) is 32.6 Å². The molecule has 1 fully saturated rings. The molecule has 1 atom stereocenters. The van der Waals surface area contributed by atoms with Crippen LogP contribution in [-0.2, 0) is 35.4 Å².